The molecule has 2 aromatic heterocycles. The van der Waals surface area contributed by atoms with E-state index in [1.54, 1.807) is 12.1 Å². The first-order valence-electron chi connectivity index (χ1n) is 9.98. The lowest BCUT2D eigenvalue weighted by molar-refractivity contribution is 0.0620. The average Bonchev–Trinajstić information content (AvgIpc) is 3.29. The van der Waals surface area contributed by atoms with Crippen LogP contribution in [0.1, 0.15) is 40.2 Å². The third-order valence-electron chi connectivity index (χ3n) is 5.46. The Bertz CT molecular complexity index is 1080. The highest BCUT2D eigenvalue weighted by Gasteiger charge is 2.29. The molecule has 0 bridgehead atoms. The number of hydrogen-bond acceptors (Lipinski definition) is 4. The first-order valence-corrected chi connectivity index (χ1v) is 10.8. The fourth-order valence-corrected chi connectivity index (χ4v) is 5.05. The highest BCUT2D eigenvalue weighted by atomic mass is 32.1. The Kier molecular flexibility index (Phi) is 5.72. The number of halogens is 1. The molecule has 3 N–H and O–H groups in total. The van der Waals surface area contributed by atoms with E-state index in [9.17, 15) is 14.0 Å². The van der Waals surface area contributed by atoms with Gasteiger partial charge in [-0.25, -0.2) is 9.18 Å². The Morgan fingerprint density at radius 3 is 2.80 bits per heavy atom. The number of fused-ring (bicyclic) bond motifs is 1. The molecule has 0 saturated carbocycles. The molecule has 0 radical (unpaired) electrons. The van der Waals surface area contributed by atoms with Crippen LogP contribution in [0, 0.1) is 12.7 Å². The molecular weight excluding hydrogens is 405 g/mol. The molecule has 1 saturated heterocycles. The molecule has 9 heteroatoms. The van der Waals surface area contributed by atoms with Crippen LogP contribution in [0.5, 0.6) is 0 Å². The van der Waals surface area contributed by atoms with E-state index >= 15 is 0 Å². The van der Waals surface area contributed by atoms with Gasteiger partial charge in [0.1, 0.15) is 10.6 Å². The van der Waals surface area contributed by atoms with Crippen molar-refractivity contribution in [2.45, 2.75) is 38.8 Å². The van der Waals surface area contributed by atoms with Gasteiger partial charge >= 0.3 is 6.03 Å². The number of thiophene rings is 1. The summed E-state index contributed by atoms with van der Waals surface area (Å²) in [7, 11) is 0. The number of aryl methyl sites for hydroxylation is 1. The minimum Gasteiger partial charge on any atom is -0.352 e. The third-order valence-corrected chi connectivity index (χ3v) is 6.60. The summed E-state index contributed by atoms with van der Waals surface area (Å²) in [5, 5.41) is 8.17. The van der Waals surface area contributed by atoms with Gasteiger partial charge in [0, 0.05) is 24.5 Å². The summed E-state index contributed by atoms with van der Waals surface area (Å²) in [4.78, 5) is 27.8. The van der Waals surface area contributed by atoms with E-state index in [1.807, 2.05) is 22.6 Å². The van der Waals surface area contributed by atoms with E-state index < -0.39 is 6.03 Å². The lowest BCUT2D eigenvalue weighted by atomic mass is 10.0. The van der Waals surface area contributed by atoms with Crippen LogP contribution in [-0.4, -0.2) is 45.8 Å². The van der Waals surface area contributed by atoms with Crippen LogP contribution in [0.15, 0.2) is 30.3 Å². The summed E-state index contributed by atoms with van der Waals surface area (Å²) in [6, 6.07) is 7.61. The normalized spacial score (nSPS) is 16.7. The Hall–Kier alpha value is -2.94. The molecule has 0 spiro atoms. The zero-order valence-corrected chi connectivity index (χ0v) is 17.5. The molecule has 158 valence electrons. The maximum Gasteiger partial charge on any atom is 0.312 e. The number of nitrogens with two attached hydrogens (primary N) is 1. The second-order valence-electron chi connectivity index (χ2n) is 7.59. The Labute approximate surface area is 177 Å². The number of nitrogens with zero attached hydrogens (tertiary/aromatic N) is 3. The second kappa shape index (κ2) is 8.43. The summed E-state index contributed by atoms with van der Waals surface area (Å²) in [6.07, 6.45) is 2.81. The van der Waals surface area contributed by atoms with Crippen molar-refractivity contribution < 1.29 is 14.0 Å². The van der Waals surface area contributed by atoms with Gasteiger partial charge in [-0.15, -0.1) is 11.3 Å². The van der Waals surface area contributed by atoms with Crippen LogP contribution in [0.2, 0.25) is 0 Å². The standard InChI is InChI=1S/C21H24FN5O2S/c1-13-17-10-18(19(28)26-9-3-2-4-16(26)11-24-21(23)29)30-20(17)27(25-13)12-14-5-7-15(22)8-6-14/h5-8,10,16H,2-4,9,11-12H2,1H3,(H3,23,24,29)/t16-/m1/s1. The number of nitrogens with one attached hydrogen (secondary N) is 1. The lowest BCUT2D eigenvalue weighted by Crippen LogP contribution is -2.50. The van der Waals surface area contributed by atoms with Crippen LogP contribution in [0.4, 0.5) is 9.18 Å². The topological polar surface area (TPSA) is 93.2 Å². The molecule has 30 heavy (non-hydrogen) atoms. The van der Waals surface area contributed by atoms with Crippen molar-refractivity contribution in [3.8, 4) is 0 Å². The van der Waals surface area contributed by atoms with Crippen molar-refractivity contribution in [3.05, 3.63) is 52.3 Å². The lowest BCUT2D eigenvalue weighted by Gasteiger charge is -2.35. The molecule has 3 amide bonds. The van der Waals surface area contributed by atoms with Gasteiger partial charge in [-0.05, 0) is 49.9 Å². The predicted octanol–water partition coefficient (Wildman–Crippen LogP) is 3.26. The summed E-state index contributed by atoms with van der Waals surface area (Å²) >= 11 is 1.42. The van der Waals surface area contributed by atoms with Gasteiger partial charge in [0.05, 0.1) is 17.1 Å². The van der Waals surface area contributed by atoms with Gasteiger partial charge in [-0.3, -0.25) is 9.48 Å². The van der Waals surface area contributed by atoms with Crippen molar-refractivity contribution in [2.24, 2.45) is 5.73 Å². The molecule has 0 aliphatic carbocycles. The molecule has 4 rings (SSSR count). The molecule has 1 atom stereocenters. The predicted molar refractivity (Wildman–Crippen MR) is 114 cm³/mol. The molecule has 1 aromatic carbocycles. The molecule has 1 aliphatic rings. The second-order valence-corrected chi connectivity index (χ2v) is 8.62. The van der Waals surface area contributed by atoms with E-state index in [2.05, 4.69) is 10.4 Å². The molecule has 1 aliphatic heterocycles. The highest BCUT2D eigenvalue weighted by Crippen LogP contribution is 2.31. The van der Waals surface area contributed by atoms with Crippen molar-refractivity contribution in [1.82, 2.24) is 20.0 Å². The van der Waals surface area contributed by atoms with E-state index in [0.29, 0.717) is 24.5 Å². The SMILES string of the molecule is Cc1nn(Cc2ccc(F)cc2)c2sc(C(=O)N3CCCC[C@@H]3CNC(N)=O)cc12. The van der Waals surface area contributed by atoms with Crippen molar-refractivity contribution in [1.29, 1.82) is 0 Å². The smallest absolute Gasteiger partial charge is 0.312 e. The number of carbonyl (C=O) groups is 2. The van der Waals surface area contributed by atoms with Crippen molar-refractivity contribution in [3.63, 3.8) is 0 Å². The molecule has 1 fully saturated rings. The third kappa shape index (κ3) is 4.16. The molecule has 7 nitrogen and oxygen atoms in total. The number of hydrogen-bond donors (Lipinski definition) is 2. The van der Waals surface area contributed by atoms with Gasteiger partial charge in [-0.2, -0.15) is 5.10 Å². The van der Waals surface area contributed by atoms with Crippen LogP contribution in [-0.2, 0) is 6.54 Å². The van der Waals surface area contributed by atoms with Gasteiger partial charge < -0.3 is 16.0 Å². The summed E-state index contributed by atoms with van der Waals surface area (Å²) in [5.74, 6) is -0.300. The van der Waals surface area contributed by atoms with Crippen LogP contribution >= 0.6 is 11.3 Å². The first-order chi connectivity index (χ1) is 14.4. The van der Waals surface area contributed by atoms with Gasteiger partial charge in [0.2, 0.25) is 0 Å². The number of benzene rings is 1. The average molecular weight is 430 g/mol. The number of rotatable bonds is 5. The Morgan fingerprint density at radius 1 is 1.30 bits per heavy atom. The van der Waals surface area contributed by atoms with Gasteiger partial charge in [0.15, 0.2) is 0 Å². The monoisotopic (exact) mass is 429 g/mol. The zero-order valence-electron chi connectivity index (χ0n) is 16.7. The molecule has 0 unspecified atom stereocenters. The maximum absolute atomic E-state index is 13.3. The van der Waals surface area contributed by atoms with E-state index in [4.69, 9.17) is 5.73 Å². The zero-order chi connectivity index (χ0) is 21.3. The quantitative estimate of drug-likeness (QED) is 0.652. The minimum absolute atomic E-state index is 0.0279. The first kappa shape index (κ1) is 20.3. The van der Waals surface area contributed by atoms with Crippen LogP contribution in [0.3, 0.4) is 0 Å². The van der Waals surface area contributed by atoms with E-state index in [0.717, 1.165) is 40.7 Å². The summed E-state index contributed by atoms with van der Waals surface area (Å²) in [6.45, 7) is 3.46. The molecule has 3 aromatic rings. The van der Waals surface area contributed by atoms with Crippen molar-refractivity contribution in [2.75, 3.05) is 13.1 Å². The number of amides is 3. The Balaban J connectivity index is 1.58. The van der Waals surface area contributed by atoms with E-state index in [1.165, 1.54) is 23.5 Å². The summed E-state index contributed by atoms with van der Waals surface area (Å²) in [5.41, 5.74) is 7.00. The largest absolute Gasteiger partial charge is 0.352 e. The number of urea groups is 1. The van der Waals surface area contributed by atoms with Crippen LogP contribution < -0.4 is 11.1 Å². The van der Waals surface area contributed by atoms with Gasteiger partial charge in [0.25, 0.3) is 5.91 Å². The van der Waals surface area contributed by atoms with Crippen molar-refractivity contribution >= 4 is 33.5 Å². The summed E-state index contributed by atoms with van der Waals surface area (Å²) < 4.78 is 15.1. The fraction of sp³-hybridized carbons (Fsp3) is 0.381. The number of likely N-dealkylation sites (tertiary alicyclic amines) is 1. The minimum atomic E-state index is -0.577. The fourth-order valence-electron chi connectivity index (χ4n) is 3.93. The van der Waals surface area contributed by atoms with E-state index in [-0.39, 0.29) is 17.8 Å². The maximum atomic E-state index is 13.3. The van der Waals surface area contributed by atoms with Gasteiger partial charge in [-0.1, -0.05) is 12.1 Å². The molecule has 3 heterocycles. The number of primary amides is 1. The number of carbonyl (C=O) groups excluding carboxylic acids is 2. The molecular formula is C21H24FN5O2S. The Morgan fingerprint density at radius 2 is 2.07 bits per heavy atom. The number of piperidine rings is 1. The highest BCUT2D eigenvalue weighted by molar-refractivity contribution is 7.20. The van der Waals surface area contributed by atoms with Crippen LogP contribution in [0.25, 0.3) is 10.2 Å². The number of aromatic nitrogens is 2.